The number of ether oxygens (including phenoxy) is 1. The average molecular weight is 333 g/mol. The molecule has 1 saturated heterocycles. The maximum absolute atomic E-state index is 12.2. The van der Waals surface area contributed by atoms with E-state index in [1.54, 1.807) is 0 Å². The van der Waals surface area contributed by atoms with E-state index in [0.717, 1.165) is 50.4 Å². The lowest BCUT2D eigenvalue weighted by Crippen LogP contribution is -2.52. The van der Waals surface area contributed by atoms with E-state index in [1.165, 1.54) is 0 Å². The molecule has 0 bridgehead atoms. The first-order valence-corrected chi connectivity index (χ1v) is 9.07. The molecule has 1 aromatic carbocycles. The lowest BCUT2D eigenvalue weighted by atomic mass is 9.92. The number of hydrogen-bond acceptors (Lipinski definition) is 3. The lowest BCUT2D eigenvalue weighted by molar-refractivity contribution is 0.00247. The highest BCUT2D eigenvalue weighted by molar-refractivity contribution is 5.89. The summed E-state index contributed by atoms with van der Waals surface area (Å²) in [4.78, 5) is 14.7. The Morgan fingerprint density at radius 3 is 2.58 bits per heavy atom. The second-order valence-corrected chi connectivity index (χ2v) is 6.50. The summed E-state index contributed by atoms with van der Waals surface area (Å²) in [6, 6.07) is 8.08. The van der Waals surface area contributed by atoms with Gasteiger partial charge in [-0.2, -0.15) is 0 Å². The minimum Gasteiger partial charge on any atom is -0.379 e. The van der Waals surface area contributed by atoms with Crippen LogP contribution in [-0.2, 0) is 4.74 Å². The summed E-state index contributed by atoms with van der Waals surface area (Å²) in [5.74, 6) is 0.586. The summed E-state index contributed by atoms with van der Waals surface area (Å²) >= 11 is 0. The van der Waals surface area contributed by atoms with Crippen molar-refractivity contribution in [1.29, 1.82) is 0 Å². The average Bonchev–Trinajstić information content (AvgIpc) is 2.59. The molecule has 0 aliphatic carbocycles. The van der Waals surface area contributed by atoms with Crippen LogP contribution in [0.25, 0.3) is 0 Å². The number of morpholine rings is 1. The second-order valence-electron chi connectivity index (χ2n) is 6.50. The van der Waals surface area contributed by atoms with Crippen molar-refractivity contribution in [3.63, 3.8) is 0 Å². The third-order valence-corrected chi connectivity index (χ3v) is 4.86. The predicted molar refractivity (Wildman–Crippen MR) is 98.5 cm³/mol. The molecule has 0 saturated carbocycles. The first-order chi connectivity index (χ1) is 11.6. The SMILES string of the molecule is CCC(CC)C(CNC(=O)Nc1cccc(C)c1)N1CCOCC1. The van der Waals surface area contributed by atoms with Gasteiger partial charge in [-0.1, -0.05) is 38.8 Å². The van der Waals surface area contributed by atoms with E-state index in [4.69, 9.17) is 4.74 Å². The highest BCUT2D eigenvalue weighted by atomic mass is 16.5. The maximum atomic E-state index is 12.2. The molecule has 1 aromatic rings. The number of nitrogens with one attached hydrogen (secondary N) is 2. The van der Waals surface area contributed by atoms with E-state index in [-0.39, 0.29) is 6.03 Å². The van der Waals surface area contributed by atoms with E-state index in [1.807, 2.05) is 31.2 Å². The van der Waals surface area contributed by atoms with Crippen molar-refractivity contribution in [2.45, 2.75) is 39.7 Å². The van der Waals surface area contributed by atoms with Crippen LogP contribution in [0.2, 0.25) is 0 Å². The molecule has 2 N–H and O–H groups in total. The molecular formula is C19H31N3O2. The van der Waals surface area contributed by atoms with Gasteiger partial charge in [-0.25, -0.2) is 4.79 Å². The van der Waals surface area contributed by atoms with E-state index in [2.05, 4.69) is 29.4 Å². The van der Waals surface area contributed by atoms with Crippen LogP contribution in [0.1, 0.15) is 32.3 Å². The van der Waals surface area contributed by atoms with Crippen molar-refractivity contribution in [1.82, 2.24) is 10.2 Å². The minimum absolute atomic E-state index is 0.134. The van der Waals surface area contributed by atoms with Gasteiger partial charge >= 0.3 is 6.03 Å². The van der Waals surface area contributed by atoms with Gasteiger partial charge in [0.2, 0.25) is 0 Å². The number of amides is 2. The number of nitrogens with zero attached hydrogens (tertiary/aromatic N) is 1. The van der Waals surface area contributed by atoms with Crippen molar-refractivity contribution >= 4 is 11.7 Å². The van der Waals surface area contributed by atoms with Crippen LogP contribution in [0, 0.1) is 12.8 Å². The van der Waals surface area contributed by atoms with Gasteiger partial charge in [0.1, 0.15) is 0 Å². The Bertz CT molecular complexity index is 511. The smallest absolute Gasteiger partial charge is 0.319 e. The van der Waals surface area contributed by atoms with Gasteiger partial charge < -0.3 is 15.4 Å². The fraction of sp³-hybridized carbons (Fsp3) is 0.632. The summed E-state index contributed by atoms with van der Waals surface area (Å²) < 4.78 is 5.47. The van der Waals surface area contributed by atoms with E-state index < -0.39 is 0 Å². The number of carbonyl (C=O) groups is 1. The standard InChI is InChI=1S/C19H31N3O2/c1-4-16(5-2)18(22-9-11-24-12-10-22)14-20-19(23)21-17-8-6-7-15(3)13-17/h6-8,13,16,18H,4-5,9-12,14H2,1-3H3,(H2,20,21,23). The van der Waals surface area contributed by atoms with Crippen molar-refractivity contribution in [3.05, 3.63) is 29.8 Å². The van der Waals surface area contributed by atoms with Crippen LogP contribution >= 0.6 is 0 Å². The topological polar surface area (TPSA) is 53.6 Å². The van der Waals surface area contributed by atoms with Gasteiger partial charge in [0.25, 0.3) is 0 Å². The summed E-state index contributed by atoms with van der Waals surface area (Å²) in [6.07, 6.45) is 2.25. The molecule has 5 nitrogen and oxygen atoms in total. The number of aryl methyl sites for hydroxylation is 1. The number of carbonyl (C=O) groups excluding carboxylic acids is 1. The van der Waals surface area contributed by atoms with E-state index >= 15 is 0 Å². The molecule has 1 fully saturated rings. The van der Waals surface area contributed by atoms with Crippen molar-refractivity contribution in [3.8, 4) is 0 Å². The van der Waals surface area contributed by atoms with Gasteiger partial charge in [-0.3, -0.25) is 4.90 Å². The molecule has 1 atom stereocenters. The molecule has 1 heterocycles. The van der Waals surface area contributed by atoms with Crippen LogP contribution in [0.3, 0.4) is 0 Å². The molecule has 2 amide bonds. The molecule has 1 unspecified atom stereocenters. The molecule has 1 aliphatic heterocycles. The predicted octanol–water partition coefficient (Wildman–Crippen LogP) is 3.25. The minimum atomic E-state index is -0.134. The Labute approximate surface area is 145 Å². The third-order valence-electron chi connectivity index (χ3n) is 4.86. The van der Waals surface area contributed by atoms with Crippen LogP contribution in [0.5, 0.6) is 0 Å². The zero-order chi connectivity index (χ0) is 17.4. The summed E-state index contributed by atoms with van der Waals surface area (Å²) in [7, 11) is 0. The van der Waals surface area contributed by atoms with Crippen LogP contribution in [-0.4, -0.2) is 49.8 Å². The molecular weight excluding hydrogens is 302 g/mol. The quantitative estimate of drug-likeness (QED) is 0.805. The highest BCUT2D eigenvalue weighted by Crippen LogP contribution is 2.19. The van der Waals surface area contributed by atoms with Crippen molar-refractivity contribution < 1.29 is 9.53 Å². The van der Waals surface area contributed by atoms with Gasteiger partial charge in [0, 0.05) is 31.4 Å². The maximum Gasteiger partial charge on any atom is 0.319 e. The number of benzene rings is 1. The molecule has 1 aliphatic rings. The lowest BCUT2D eigenvalue weighted by Gasteiger charge is -2.38. The number of hydrogen-bond donors (Lipinski definition) is 2. The van der Waals surface area contributed by atoms with Crippen LogP contribution < -0.4 is 10.6 Å². The Kier molecular flexibility index (Phi) is 7.53. The number of anilines is 1. The van der Waals surface area contributed by atoms with Crippen LogP contribution in [0.4, 0.5) is 10.5 Å². The molecule has 134 valence electrons. The summed E-state index contributed by atoms with van der Waals surface area (Å²) in [6.45, 7) is 10.6. The monoisotopic (exact) mass is 333 g/mol. The Morgan fingerprint density at radius 2 is 1.96 bits per heavy atom. The fourth-order valence-electron chi connectivity index (χ4n) is 3.43. The molecule has 0 radical (unpaired) electrons. The van der Waals surface area contributed by atoms with Crippen molar-refractivity contribution in [2.24, 2.45) is 5.92 Å². The number of rotatable bonds is 7. The first kappa shape index (κ1) is 18.7. The normalized spacial score (nSPS) is 16.8. The first-order valence-electron chi connectivity index (χ1n) is 9.07. The van der Waals surface area contributed by atoms with E-state index in [9.17, 15) is 4.79 Å². The zero-order valence-corrected chi connectivity index (χ0v) is 15.2. The molecule has 2 rings (SSSR count). The van der Waals surface area contributed by atoms with E-state index in [0.29, 0.717) is 18.5 Å². The van der Waals surface area contributed by atoms with Gasteiger partial charge in [-0.05, 0) is 30.5 Å². The second kappa shape index (κ2) is 9.64. The highest BCUT2D eigenvalue weighted by Gasteiger charge is 2.27. The Morgan fingerprint density at radius 1 is 1.25 bits per heavy atom. The molecule has 0 spiro atoms. The van der Waals surface area contributed by atoms with Gasteiger partial charge in [0.15, 0.2) is 0 Å². The molecule has 0 aromatic heterocycles. The largest absolute Gasteiger partial charge is 0.379 e. The Hall–Kier alpha value is -1.59. The molecule has 24 heavy (non-hydrogen) atoms. The zero-order valence-electron chi connectivity index (χ0n) is 15.2. The molecule has 5 heteroatoms. The summed E-state index contributed by atoms with van der Waals surface area (Å²) in [5, 5.41) is 5.99. The Balaban J connectivity index is 1.92. The fourth-order valence-corrected chi connectivity index (χ4v) is 3.43. The summed E-state index contributed by atoms with van der Waals surface area (Å²) in [5.41, 5.74) is 1.97. The van der Waals surface area contributed by atoms with Gasteiger partial charge in [0.05, 0.1) is 13.2 Å². The number of urea groups is 1. The van der Waals surface area contributed by atoms with Gasteiger partial charge in [-0.15, -0.1) is 0 Å². The van der Waals surface area contributed by atoms with Crippen molar-refractivity contribution in [2.75, 3.05) is 38.2 Å². The van der Waals surface area contributed by atoms with Crippen LogP contribution in [0.15, 0.2) is 24.3 Å². The third kappa shape index (κ3) is 5.49.